The van der Waals surface area contributed by atoms with Crippen molar-refractivity contribution in [3.63, 3.8) is 0 Å². The molecule has 1 aliphatic rings. The van der Waals surface area contributed by atoms with E-state index in [-0.39, 0.29) is 11.9 Å². The molecule has 3 nitrogen and oxygen atoms in total. The molecule has 0 aromatic heterocycles. The fraction of sp³-hybridized carbons (Fsp3) is 0.500. The predicted octanol–water partition coefficient (Wildman–Crippen LogP) is 3.81. The number of rotatable bonds is 3. The van der Waals surface area contributed by atoms with Crippen LogP contribution < -0.4 is 5.32 Å². The molecule has 19 heavy (non-hydrogen) atoms. The monoisotopic (exact) mass is 300 g/mol. The molecular formula is C14H18Cl2N2O. The number of nitrogens with zero attached hydrogens (tertiary/aromatic N) is 1. The Morgan fingerprint density at radius 2 is 1.79 bits per heavy atom. The van der Waals surface area contributed by atoms with Gasteiger partial charge >= 0.3 is 0 Å². The molecule has 0 radical (unpaired) electrons. The first-order chi connectivity index (χ1) is 9.09. The molecule has 1 amide bonds. The van der Waals surface area contributed by atoms with Crippen LogP contribution in [-0.2, 0) is 4.79 Å². The van der Waals surface area contributed by atoms with Gasteiger partial charge in [0.2, 0.25) is 5.91 Å². The Balaban J connectivity index is 2.04. The molecule has 104 valence electrons. The number of carbonyl (C=O) groups is 1. The lowest BCUT2D eigenvalue weighted by Crippen LogP contribution is -2.44. The molecule has 5 heteroatoms. The SMILES string of the molecule is C[C@H](C(=O)Nc1c(Cl)cccc1Cl)N1CCCCC1. The lowest BCUT2D eigenvalue weighted by molar-refractivity contribution is -0.121. The smallest absolute Gasteiger partial charge is 0.241 e. The quantitative estimate of drug-likeness (QED) is 0.921. The summed E-state index contributed by atoms with van der Waals surface area (Å²) < 4.78 is 0. The molecular weight excluding hydrogens is 283 g/mol. The average Bonchev–Trinajstić information content (AvgIpc) is 2.43. The number of anilines is 1. The number of hydrogen-bond donors (Lipinski definition) is 1. The van der Waals surface area contributed by atoms with Crippen LogP contribution in [0.4, 0.5) is 5.69 Å². The number of carbonyl (C=O) groups excluding carboxylic acids is 1. The van der Waals surface area contributed by atoms with Crippen LogP contribution in [0.15, 0.2) is 18.2 Å². The Morgan fingerprint density at radius 3 is 2.37 bits per heavy atom. The zero-order chi connectivity index (χ0) is 13.8. The van der Waals surface area contributed by atoms with Gasteiger partial charge in [-0.25, -0.2) is 0 Å². The van der Waals surface area contributed by atoms with Crippen molar-refractivity contribution in [1.29, 1.82) is 0 Å². The van der Waals surface area contributed by atoms with E-state index in [1.807, 2.05) is 6.92 Å². The topological polar surface area (TPSA) is 32.3 Å². The Bertz CT molecular complexity index is 439. The van der Waals surface area contributed by atoms with Crippen molar-refractivity contribution in [3.05, 3.63) is 28.2 Å². The summed E-state index contributed by atoms with van der Waals surface area (Å²) in [5, 5.41) is 3.76. The summed E-state index contributed by atoms with van der Waals surface area (Å²) in [5.74, 6) is -0.0584. The lowest BCUT2D eigenvalue weighted by atomic mass is 10.1. The van der Waals surface area contributed by atoms with Gasteiger partial charge in [0.15, 0.2) is 0 Å². The molecule has 1 atom stereocenters. The van der Waals surface area contributed by atoms with Gasteiger partial charge in [-0.2, -0.15) is 0 Å². The highest BCUT2D eigenvalue weighted by atomic mass is 35.5. The van der Waals surface area contributed by atoms with E-state index in [4.69, 9.17) is 23.2 Å². The van der Waals surface area contributed by atoms with Gasteiger partial charge in [-0.3, -0.25) is 9.69 Å². The molecule has 1 saturated heterocycles. The summed E-state index contributed by atoms with van der Waals surface area (Å²) >= 11 is 12.1. The number of piperidine rings is 1. The van der Waals surface area contributed by atoms with Crippen LogP contribution in [-0.4, -0.2) is 29.9 Å². The maximum absolute atomic E-state index is 12.2. The Morgan fingerprint density at radius 1 is 1.21 bits per heavy atom. The highest BCUT2D eigenvalue weighted by molar-refractivity contribution is 6.39. The molecule has 1 N–H and O–H groups in total. The zero-order valence-electron chi connectivity index (χ0n) is 11.0. The molecule has 2 rings (SSSR count). The van der Waals surface area contributed by atoms with Crippen molar-refractivity contribution in [1.82, 2.24) is 4.90 Å². The summed E-state index contributed by atoms with van der Waals surface area (Å²) in [4.78, 5) is 14.4. The van der Waals surface area contributed by atoms with E-state index in [0.29, 0.717) is 15.7 Å². The van der Waals surface area contributed by atoms with E-state index >= 15 is 0 Å². The zero-order valence-corrected chi connectivity index (χ0v) is 12.5. The van der Waals surface area contributed by atoms with Gasteiger partial charge in [0.25, 0.3) is 0 Å². The van der Waals surface area contributed by atoms with Crippen LogP contribution in [0.5, 0.6) is 0 Å². The second-order valence-corrected chi connectivity index (χ2v) is 5.67. The van der Waals surface area contributed by atoms with Crippen LogP contribution >= 0.6 is 23.2 Å². The Labute approximate surface area is 123 Å². The number of para-hydroxylation sites is 1. The fourth-order valence-corrected chi connectivity index (χ4v) is 2.81. The molecule has 0 unspecified atom stereocenters. The second-order valence-electron chi connectivity index (χ2n) is 4.86. The summed E-state index contributed by atoms with van der Waals surface area (Å²) in [6.07, 6.45) is 3.57. The van der Waals surface area contributed by atoms with E-state index in [0.717, 1.165) is 25.9 Å². The van der Waals surface area contributed by atoms with Crippen LogP contribution in [0, 0.1) is 0 Å². The van der Waals surface area contributed by atoms with E-state index in [2.05, 4.69) is 10.2 Å². The van der Waals surface area contributed by atoms with Crippen molar-refractivity contribution in [3.8, 4) is 0 Å². The lowest BCUT2D eigenvalue weighted by Gasteiger charge is -2.31. The van der Waals surface area contributed by atoms with Crippen molar-refractivity contribution in [2.24, 2.45) is 0 Å². The van der Waals surface area contributed by atoms with Gasteiger partial charge in [-0.05, 0) is 45.0 Å². The van der Waals surface area contributed by atoms with Gasteiger partial charge < -0.3 is 5.32 Å². The largest absolute Gasteiger partial charge is 0.322 e. The van der Waals surface area contributed by atoms with Crippen LogP contribution in [0.1, 0.15) is 26.2 Å². The average molecular weight is 301 g/mol. The maximum atomic E-state index is 12.2. The third-order valence-corrected chi connectivity index (χ3v) is 4.16. The van der Waals surface area contributed by atoms with Crippen LogP contribution in [0.25, 0.3) is 0 Å². The minimum Gasteiger partial charge on any atom is -0.322 e. The first-order valence-electron chi connectivity index (χ1n) is 6.58. The molecule has 0 aliphatic carbocycles. The van der Waals surface area contributed by atoms with Crippen molar-refractivity contribution < 1.29 is 4.79 Å². The summed E-state index contributed by atoms with van der Waals surface area (Å²) in [7, 11) is 0. The third kappa shape index (κ3) is 3.62. The minimum atomic E-state index is -0.160. The number of benzene rings is 1. The van der Waals surface area contributed by atoms with E-state index in [1.165, 1.54) is 6.42 Å². The summed E-state index contributed by atoms with van der Waals surface area (Å²) in [5.41, 5.74) is 0.500. The molecule has 0 bridgehead atoms. The normalized spacial score (nSPS) is 18.1. The maximum Gasteiger partial charge on any atom is 0.241 e. The van der Waals surface area contributed by atoms with Gasteiger partial charge in [0.1, 0.15) is 0 Å². The van der Waals surface area contributed by atoms with Crippen LogP contribution in [0.2, 0.25) is 10.0 Å². The number of hydrogen-bond acceptors (Lipinski definition) is 2. The number of halogens is 2. The van der Waals surface area contributed by atoms with Crippen molar-refractivity contribution in [2.75, 3.05) is 18.4 Å². The van der Waals surface area contributed by atoms with Gasteiger partial charge in [-0.1, -0.05) is 35.7 Å². The molecule has 1 aromatic carbocycles. The molecule has 0 saturated carbocycles. The Kier molecular flexibility index (Phi) is 5.08. The molecule has 1 fully saturated rings. The van der Waals surface area contributed by atoms with E-state index in [1.54, 1.807) is 18.2 Å². The fourth-order valence-electron chi connectivity index (χ4n) is 2.32. The predicted molar refractivity (Wildman–Crippen MR) is 80.0 cm³/mol. The second kappa shape index (κ2) is 6.60. The van der Waals surface area contributed by atoms with Gasteiger partial charge in [-0.15, -0.1) is 0 Å². The van der Waals surface area contributed by atoms with Crippen molar-refractivity contribution >= 4 is 34.8 Å². The number of likely N-dealkylation sites (tertiary alicyclic amines) is 1. The summed E-state index contributed by atoms with van der Waals surface area (Å²) in [6.45, 7) is 3.88. The molecule has 1 aliphatic heterocycles. The first-order valence-corrected chi connectivity index (χ1v) is 7.34. The van der Waals surface area contributed by atoms with Crippen LogP contribution in [0.3, 0.4) is 0 Å². The third-order valence-electron chi connectivity index (χ3n) is 3.53. The highest BCUT2D eigenvalue weighted by Crippen LogP contribution is 2.30. The first kappa shape index (κ1) is 14.6. The van der Waals surface area contributed by atoms with E-state index < -0.39 is 0 Å². The van der Waals surface area contributed by atoms with Gasteiger partial charge in [0, 0.05) is 0 Å². The van der Waals surface area contributed by atoms with E-state index in [9.17, 15) is 4.79 Å². The molecule has 1 aromatic rings. The van der Waals surface area contributed by atoms with Crippen molar-refractivity contribution in [2.45, 2.75) is 32.2 Å². The molecule has 1 heterocycles. The Hall–Kier alpha value is -0.770. The highest BCUT2D eigenvalue weighted by Gasteiger charge is 2.23. The van der Waals surface area contributed by atoms with Gasteiger partial charge in [0.05, 0.1) is 21.8 Å². The standard InChI is InChI=1S/C14H18Cl2N2O/c1-10(18-8-3-2-4-9-18)14(19)17-13-11(15)6-5-7-12(13)16/h5-7,10H,2-4,8-9H2,1H3,(H,17,19)/t10-/m1/s1. The summed E-state index contributed by atoms with van der Waals surface area (Å²) in [6, 6.07) is 5.03. The number of nitrogens with one attached hydrogen (secondary N) is 1. The minimum absolute atomic E-state index is 0.0584. The number of amides is 1. The molecule has 0 spiro atoms.